The summed E-state index contributed by atoms with van der Waals surface area (Å²) in [6.45, 7) is 13.0. The zero-order valence-electron chi connectivity index (χ0n) is 24.9. The molecule has 0 bridgehead atoms. The predicted octanol–water partition coefficient (Wildman–Crippen LogP) is 4.36. The number of benzene rings is 1. The summed E-state index contributed by atoms with van der Waals surface area (Å²) in [7, 11) is 0. The van der Waals surface area contributed by atoms with Gasteiger partial charge >= 0.3 is 5.97 Å². The van der Waals surface area contributed by atoms with Gasteiger partial charge in [0.05, 0.1) is 38.4 Å². The van der Waals surface area contributed by atoms with Gasteiger partial charge in [-0.1, -0.05) is 30.2 Å². The van der Waals surface area contributed by atoms with Crippen LogP contribution < -0.4 is 0 Å². The van der Waals surface area contributed by atoms with E-state index in [1.165, 1.54) is 22.5 Å². The van der Waals surface area contributed by atoms with Gasteiger partial charge in [0.15, 0.2) is 5.01 Å². The highest BCUT2D eigenvalue weighted by molar-refractivity contribution is 7.10. The normalized spacial score (nSPS) is 17.2. The van der Waals surface area contributed by atoms with Gasteiger partial charge in [-0.2, -0.15) is 0 Å². The summed E-state index contributed by atoms with van der Waals surface area (Å²) in [6.07, 6.45) is 3.91. The zero-order chi connectivity index (χ0) is 29.3. The van der Waals surface area contributed by atoms with E-state index in [0.717, 1.165) is 45.3 Å². The number of carbonyl (C=O) groups excluding carboxylic acids is 2. The van der Waals surface area contributed by atoms with Gasteiger partial charge in [0.25, 0.3) is 5.91 Å². The molecule has 1 spiro atoms. The molecular weight excluding hydrogens is 538 g/mol. The first-order valence-corrected chi connectivity index (χ1v) is 15.4. The molecule has 3 heterocycles. The third kappa shape index (κ3) is 9.64. The molecule has 2 fully saturated rings. The fourth-order valence-corrected chi connectivity index (χ4v) is 5.96. The Morgan fingerprint density at radius 2 is 1.88 bits per heavy atom. The monoisotopic (exact) mass is 581 g/mol. The Balaban J connectivity index is 1.17. The lowest BCUT2D eigenvalue weighted by molar-refractivity contribution is -0.156. The summed E-state index contributed by atoms with van der Waals surface area (Å²) < 4.78 is 17.3. The summed E-state index contributed by atoms with van der Waals surface area (Å²) in [5, 5.41) is 2.49. The molecule has 0 radical (unpaired) electrons. The minimum atomic E-state index is -0.462. The summed E-state index contributed by atoms with van der Waals surface area (Å²) in [6, 6.07) is 8.68. The molecule has 222 valence electrons. The minimum Gasteiger partial charge on any atom is -0.460 e. The molecule has 0 aliphatic carbocycles. The Morgan fingerprint density at radius 1 is 1.12 bits per heavy atom. The second-order valence-electron chi connectivity index (χ2n) is 11.8. The summed E-state index contributed by atoms with van der Waals surface area (Å²) in [5.41, 5.74) is 2.31. The van der Waals surface area contributed by atoms with Crippen LogP contribution >= 0.6 is 11.3 Å². The lowest BCUT2D eigenvalue weighted by Crippen LogP contribution is -2.58. The Morgan fingerprint density at radius 3 is 2.61 bits per heavy atom. The largest absolute Gasteiger partial charge is 0.460 e. The van der Waals surface area contributed by atoms with E-state index in [1.54, 1.807) is 6.92 Å². The van der Waals surface area contributed by atoms with E-state index >= 15 is 0 Å². The van der Waals surface area contributed by atoms with E-state index < -0.39 is 5.60 Å². The van der Waals surface area contributed by atoms with Crippen LogP contribution in [-0.4, -0.2) is 90.4 Å². The average Bonchev–Trinajstić information content (AvgIpc) is 3.40. The number of rotatable bonds is 10. The number of thiazole rings is 1. The Hall–Kier alpha value is -2.77. The van der Waals surface area contributed by atoms with Crippen molar-refractivity contribution in [3.8, 4) is 11.8 Å². The molecule has 4 rings (SSSR count). The molecule has 1 aromatic heterocycles. The molecule has 9 heteroatoms. The Bertz CT molecular complexity index is 1230. The van der Waals surface area contributed by atoms with Crippen LogP contribution in [0.3, 0.4) is 0 Å². The van der Waals surface area contributed by atoms with Crippen LogP contribution in [0.15, 0.2) is 29.6 Å². The summed E-state index contributed by atoms with van der Waals surface area (Å²) in [5.74, 6) is 5.52. The van der Waals surface area contributed by atoms with Crippen molar-refractivity contribution in [2.24, 2.45) is 0 Å². The number of amides is 1. The Labute approximate surface area is 248 Å². The van der Waals surface area contributed by atoms with E-state index in [-0.39, 0.29) is 23.9 Å². The van der Waals surface area contributed by atoms with Gasteiger partial charge in [0.2, 0.25) is 0 Å². The van der Waals surface area contributed by atoms with Gasteiger partial charge in [-0.15, -0.1) is 11.3 Å². The molecule has 0 unspecified atom stereocenters. The fourth-order valence-electron chi connectivity index (χ4n) is 5.27. The standard InChI is InChI=1S/C32H43N3O5S/c1-5-7-28-33-27(23-41-28)30(37)35-18-21-39-32(24-35)13-16-34(17-14-32)15-10-25-8-6-9-26(22-25)11-19-38-20-12-29(36)40-31(2,3)4/h6,8-9,22-23H,10-21,24H2,1-4H3. The number of piperidine rings is 1. The van der Waals surface area contributed by atoms with Crippen LogP contribution in [-0.2, 0) is 31.8 Å². The van der Waals surface area contributed by atoms with Gasteiger partial charge in [-0.3, -0.25) is 9.59 Å². The maximum atomic E-state index is 13.1. The second-order valence-corrected chi connectivity index (χ2v) is 12.6. The fraction of sp³-hybridized carbons (Fsp3) is 0.594. The van der Waals surface area contributed by atoms with E-state index in [4.69, 9.17) is 14.2 Å². The number of hydrogen-bond donors (Lipinski definition) is 0. The first-order chi connectivity index (χ1) is 19.6. The number of likely N-dealkylation sites (tertiary alicyclic amines) is 1. The summed E-state index contributed by atoms with van der Waals surface area (Å²) in [4.78, 5) is 33.7. The van der Waals surface area contributed by atoms with Crippen molar-refractivity contribution in [2.45, 2.75) is 71.0 Å². The van der Waals surface area contributed by atoms with Crippen molar-refractivity contribution in [1.29, 1.82) is 0 Å². The first-order valence-electron chi connectivity index (χ1n) is 14.6. The number of esters is 1. The van der Waals surface area contributed by atoms with E-state index in [1.807, 2.05) is 31.1 Å². The minimum absolute atomic E-state index is 0.0242. The van der Waals surface area contributed by atoms with Crippen LogP contribution in [0.25, 0.3) is 0 Å². The molecule has 8 nitrogen and oxygen atoms in total. The van der Waals surface area contributed by atoms with Crippen molar-refractivity contribution < 1.29 is 23.8 Å². The lowest BCUT2D eigenvalue weighted by atomic mass is 9.89. The zero-order valence-corrected chi connectivity index (χ0v) is 25.7. The predicted molar refractivity (Wildman–Crippen MR) is 160 cm³/mol. The number of aromatic nitrogens is 1. The van der Waals surface area contributed by atoms with Crippen molar-refractivity contribution >= 4 is 23.2 Å². The molecule has 0 saturated carbocycles. The first kappa shape index (κ1) is 31.2. The lowest BCUT2D eigenvalue weighted by Gasteiger charge is -2.47. The second kappa shape index (κ2) is 14.4. The number of morpholine rings is 1. The SMILES string of the molecule is CC#Cc1nc(C(=O)N2CCOC3(CCN(CCc4cccc(CCOCCC(=O)OC(C)(C)C)c4)CC3)C2)cs1. The number of hydrogen-bond acceptors (Lipinski definition) is 8. The smallest absolute Gasteiger partial charge is 0.308 e. The number of ether oxygens (including phenoxy) is 3. The van der Waals surface area contributed by atoms with Gasteiger partial charge in [-0.05, 0) is 70.4 Å². The van der Waals surface area contributed by atoms with Crippen molar-refractivity contribution in [3.05, 3.63) is 51.5 Å². The highest BCUT2D eigenvalue weighted by Gasteiger charge is 2.41. The van der Waals surface area contributed by atoms with Gasteiger partial charge in [0.1, 0.15) is 11.3 Å². The van der Waals surface area contributed by atoms with Crippen LogP contribution in [0.5, 0.6) is 0 Å². The van der Waals surface area contributed by atoms with Crippen molar-refractivity contribution in [2.75, 3.05) is 52.5 Å². The molecule has 2 aliphatic heterocycles. The van der Waals surface area contributed by atoms with Gasteiger partial charge < -0.3 is 24.0 Å². The summed E-state index contributed by atoms with van der Waals surface area (Å²) >= 11 is 1.41. The van der Waals surface area contributed by atoms with Crippen LogP contribution in [0.4, 0.5) is 0 Å². The maximum Gasteiger partial charge on any atom is 0.308 e. The molecule has 1 amide bonds. The molecule has 2 aromatic rings. The Kier molecular flexibility index (Phi) is 11.0. The molecule has 2 saturated heterocycles. The topological polar surface area (TPSA) is 81.2 Å². The van der Waals surface area contributed by atoms with Crippen LogP contribution in [0, 0.1) is 11.8 Å². The van der Waals surface area contributed by atoms with Crippen LogP contribution in [0.1, 0.15) is 73.6 Å². The molecule has 2 aliphatic rings. The third-order valence-corrected chi connectivity index (χ3v) is 8.13. The highest BCUT2D eigenvalue weighted by atomic mass is 32.1. The molecular formula is C32H43N3O5S. The molecule has 41 heavy (non-hydrogen) atoms. The molecule has 0 atom stereocenters. The van der Waals surface area contributed by atoms with E-state index in [2.05, 4.69) is 46.0 Å². The number of nitrogens with zero attached hydrogens (tertiary/aromatic N) is 3. The highest BCUT2D eigenvalue weighted by Crippen LogP contribution is 2.31. The molecule has 1 aromatic carbocycles. The third-order valence-electron chi connectivity index (χ3n) is 7.37. The quantitative estimate of drug-likeness (QED) is 0.234. The molecule has 0 N–H and O–H groups in total. The van der Waals surface area contributed by atoms with Crippen molar-refractivity contribution in [3.63, 3.8) is 0 Å². The average molecular weight is 582 g/mol. The van der Waals surface area contributed by atoms with Crippen molar-refractivity contribution in [1.82, 2.24) is 14.8 Å². The van der Waals surface area contributed by atoms with Gasteiger partial charge in [-0.25, -0.2) is 4.98 Å². The number of carbonyl (C=O) groups is 2. The van der Waals surface area contributed by atoms with Crippen LogP contribution in [0.2, 0.25) is 0 Å². The van der Waals surface area contributed by atoms with Gasteiger partial charge in [0, 0.05) is 31.6 Å². The van der Waals surface area contributed by atoms with E-state index in [0.29, 0.717) is 43.6 Å². The van der Waals surface area contributed by atoms with E-state index in [9.17, 15) is 9.59 Å². The maximum absolute atomic E-state index is 13.1.